The molecule has 8 heteroatoms. The maximum Gasteiger partial charge on any atom is 0.341 e. The molecule has 146 valence electrons. The van der Waals surface area contributed by atoms with Gasteiger partial charge in [0.25, 0.3) is 5.91 Å². The number of nitrogens with one attached hydrogen (secondary N) is 1. The zero-order chi connectivity index (χ0) is 20.4. The Morgan fingerprint density at radius 1 is 1.14 bits per heavy atom. The van der Waals surface area contributed by atoms with E-state index in [9.17, 15) is 9.59 Å². The standard InChI is InChI=1S/C20H20N2O6/c1-3-10-27-17-9-6-15(11-18(17)26-2)20(25)22-21-12-14-4-7-16(8-5-14)28-13-19(23)24/h3-9,11-12H,1,10,13H2,2H3,(H,22,25)(H,23,24)/b21-12+. The molecule has 0 aliphatic carbocycles. The fourth-order valence-corrected chi connectivity index (χ4v) is 2.10. The lowest BCUT2D eigenvalue weighted by Gasteiger charge is -2.10. The molecule has 0 aliphatic rings. The third-order valence-electron chi connectivity index (χ3n) is 3.40. The summed E-state index contributed by atoms with van der Waals surface area (Å²) in [6.45, 7) is 3.49. The average molecular weight is 384 g/mol. The highest BCUT2D eigenvalue weighted by Crippen LogP contribution is 2.28. The zero-order valence-corrected chi connectivity index (χ0v) is 15.3. The smallest absolute Gasteiger partial charge is 0.341 e. The largest absolute Gasteiger partial charge is 0.493 e. The van der Waals surface area contributed by atoms with E-state index in [1.807, 2.05) is 0 Å². The van der Waals surface area contributed by atoms with Gasteiger partial charge in [0, 0.05) is 5.56 Å². The molecule has 0 heterocycles. The Labute approximate surface area is 162 Å². The number of nitrogens with zero attached hydrogens (tertiary/aromatic N) is 1. The van der Waals surface area contributed by atoms with E-state index < -0.39 is 18.5 Å². The molecule has 28 heavy (non-hydrogen) atoms. The molecule has 2 aromatic rings. The van der Waals surface area contributed by atoms with Crippen molar-refractivity contribution >= 4 is 18.1 Å². The zero-order valence-electron chi connectivity index (χ0n) is 15.3. The number of amides is 1. The molecular weight excluding hydrogens is 364 g/mol. The minimum Gasteiger partial charge on any atom is -0.493 e. The lowest BCUT2D eigenvalue weighted by molar-refractivity contribution is -0.139. The van der Waals surface area contributed by atoms with Crippen molar-refractivity contribution in [3.05, 3.63) is 66.2 Å². The van der Waals surface area contributed by atoms with Gasteiger partial charge in [-0.25, -0.2) is 10.2 Å². The van der Waals surface area contributed by atoms with Crippen molar-refractivity contribution in [2.45, 2.75) is 0 Å². The number of carbonyl (C=O) groups excluding carboxylic acids is 1. The van der Waals surface area contributed by atoms with Gasteiger partial charge in [-0.1, -0.05) is 12.7 Å². The lowest BCUT2D eigenvalue weighted by Crippen LogP contribution is -2.17. The van der Waals surface area contributed by atoms with Gasteiger partial charge >= 0.3 is 5.97 Å². The number of carboxylic acid groups (broad SMARTS) is 1. The number of carbonyl (C=O) groups is 2. The van der Waals surface area contributed by atoms with Crippen molar-refractivity contribution < 1.29 is 28.9 Å². The predicted molar refractivity (Wildman–Crippen MR) is 103 cm³/mol. The van der Waals surface area contributed by atoms with Gasteiger partial charge in [0.05, 0.1) is 13.3 Å². The Hall–Kier alpha value is -3.81. The highest BCUT2D eigenvalue weighted by molar-refractivity contribution is 5.95. The van der Waals surface area contributed by atoms with E-state index >= 15 is 0 Å². The van der Waals surface area contributed by atoms with Crippen LogP contribution in [-0.4, -0.2) is 43.5 Å². The number of carboxylic acids is 1. The van der Waals surface area contributed by atoms with E-state index in [-0.39, 0.29) is 0 Å². The quantitative estimate of drug-likeness (QED) is 0.370. The minimum atomic E-state index is -1.05. The number of hydrogen-bond acceptors (Lipinski definition) is 6. The molecule has 2 N–H and O–H groups in total. The van der Waals surface area contributed by atoms with Crippen LogP contribution in [0.1, 0.15) is 15.9 Å². The van der Waals surface area contributed by atoms with Gasteiger partial charge in [-0.05, 0) is 48.0 Å². The molecule has 2 aromatic carbocycles. The first-order valence-corrected chi connectivity index (χ1v) is 8.23. The van der Waals surface area contributed by atoms with Crippen molar-refractivity contribution in [1.29, 1.82) is 0 Å². The maximum atomic E-state index is 12.2. The molecular formula is C20H20N2O6. The van der Waals surface area contributed by atoms with Gasteiger partial charge in [0.15, 0.2) is 18.1 Å². The van der Waals surface area contributed by atoms with E-state index in [1.165, 1.54) is 13.3 Å². The van der Waals surface area contributed by atoms with Gasteiger partial charge in [0.1, 0.15) is 12.4 Å². The first-order chi connectivity index (χ1) is 13.5. The van der Waals surface area contributed by atoms with Crippen LogP contribution in [0.3, 0.4) is 0 Å². The number of methoxy groups -OCH3 is 1. The van der Waals surface area contributed by atoms with Crippen molar-refractivity contribution in [2.75, 3.05) is 20.3 Å². The topological polar surface area (TPSA) is 106 Å². The second-order valence-corrected chi connectivity index (χ2v) is 5.42. The molecule has 0 saturated heterocycles. The van der Waals surface area contributed by atoms with Gasteiger partial charge < -0.3 is 19.3 Å². The number of rotatable bonds is 10. The van der Waals surface area contributed by atoms with Gasteiger partial charge in [-0.15, -0.1) is 0 Å². The highest BCUT2D eigenvalue weighted by atomic mass is 16.5. The molecule has 0 aromatic heterocycles. The van der Waals surface area contributed by atoms with Crippen LogP contribution in [-0.2, 0) is 4.79 Å². The summed E-state index contributed by atoms with van der Waals surface area (Å²) in [5, 5.41) is 12.5. The number of hydrazone groups is 1. The first kappa shape index (κ1) is 20.5. The first-order valence-electron chi connectivity index (χ1n) is 8.23. The molecule has 2 rings (SSSR count). The Bertz CT molecular complexity index is 861. The second-order valence-electron chi connectivity index (χ2n) is 5.42. The van der Waals surface area contributed by atoms with Crippen LogP contribution in [0.25, 0.3) is 0 Å². The average Bonchev–Trinajstić information content (AvgIpc) is 2.71. The fourth-order valence-electron chi connectivity index (χ4n) is 2.10. The van der Waals surface area contributed by atoms with Crippen molar-refractivity contribution in [3.63, 3.8) is 0 Å². The number of ether oxygens (including phenoxy) is 3. The third kappa shape index (κ3) is 6.17. The molecule has 0 bridgehead atoms. The second kappa shape index (κ2) is 10.4. The van der Waals surface area contributed by atoms with Crippen LogP contribution in [0.15, 0.2) is 60.2 Å². The van der Waals surface area contributed by atoms with Gasteiger partial charge in [0.2, 0.25) is 0 Å². The molecule has 0 saturated carbocycles. The van der Waals surface area contributed by atoms with Crippen molar-refractivity contribution in [1.82, 2.24) is 5.43 Å². The van der Waals surface area contributed by atoms with Crippen LogP contribution < -0.4 is 19.6 Å². The number of aliphatic carboxylic acids is 1. The summed E-state index contributed by atoms with van der Waals surface area (Å²) in [4.78, 5) is 22.7. The molecule has 0 unspecified atom stereocenters. The Kier molecular flexibility index (Phi) is 7.59. The number of hydrogen-bond donors (Lipinski definition) is 2. The molecule has 0 spiro atoms. The summed E-state index contributed by atoms with van der Waals surface area (Å²) in [5.41, 5.74) is 3.49. The summed E-state index contributed by atoms with van der Waals surface area (Å²) in [7, 11) is 1.49. The number of benzene rings is 2. The fraction of sp³-hybridized carbons (Fsp3) is 0.150. The SMILES string of the molecule is C=CCOc1ccc(C(=O)N/N=C/c2ccc(OCC(=O)O)cc2)cc1OC. The van der Waals surface area contributed by atoms with Crippen molar-refractivity contribution in [2.24, 2.45) is 5.10 Å². The predicted octanol–water partition coefficient (Wildman–Crippen LogP) is 2.49. The van der Waals surface area contributed by atoms with E-state index in [0.29, 0.717) is 35.0 Å². The summed E-state index contributed by atoms with van der Waals surface area (Å²) >= 11 is 0. The van der Waals surface area contributed by atoms with Crippen LogP contribution in [0, 0.1) is 0 Å². The van der Waals surface area contributed by atoms with E-state index in [0.717, 1.165) is 0 Å². The lowest BCUT2D eigenvalue weighted by atomic mass is 10.2. The van der Waals surface area contributed by atoms with E-state index in [1.54, 1.807) is 48.5 Å². The van der Waals surface area contributed by atoms with E-state index in [4.69, 9.17) is 19.3 Å². The van der Waals surface area contributed by atoms with Gasteiger partial charge in [-0.3, -0.25) is 4.79 Å². The Morgan fingerprint density at radius 2 is 1.89 bits per heavy atom. The Balaban J connectivity index is 1.95. The third-order valence-corrected chi connectivity index (χ3v) is 3.40. The summed E-state index contributed by atoms with van der Waals surface area (Å²) in [6.07, 6.45) is 3.07. The molecule has 0 fully saturated rings. The Morgan fingerprint density at radius 3 is 2.54 bits per heavy atom. The molecule has 0 aliphatic heterocycles. The van der Waals surface area contributed by atoms with E-state index in [2.05, 4.69) is 17.1 Å². The molecule has 8 nitrogen and oxygen atoms in total. The summed E-state index contributed by atoms with van der Waals surface area (Å²) in [5.74, 6) is -0.103. The normalized spacial score (nSPS) is 10.3. The molecule has 1 amide bonds. The summed E-state index contributed by atoms with van der Waals surface area (Å²) in [6, 6.07) is 11.4. The monoisotopic (exact) mass is 384 g/mol. The maximum absolute atomic E-state index is 12.2. The summed E-state index contributed by atoms with van der Waals surface area (Å²) < 4.78 is 15.7. The van der Waals surface area contributed by atoms with Crippen LogP contribution in [0.4, 0.5) is 0 Å². The van der Waals surface area contributed by atoms with Crippen molar-refractivity contribution in [3.8, 4) is 17.2 Å². The molecule has 0 radical (unpaired) electrons. The molecule has 0 atom stereocenters. The van der Waals surface area contributed by atoms with Crippen LogP contribution in [0.2, 0.25) is 0 Å². The van der Waals surface area contributed by atoms with Crippen LogP contribution >= 0.6 is 0 Å². The minimum absolute atomic E-state index is 0.326. The van der Waals surface area contributed by atoms with Gasteiger partial charge in [-0.2, -0.15) is 5.10 Å². The van der Waals surface area contributed by atoms with Crippen LogP contribution in [0.5, 0.6) is 17.2 Å². The highest BCUT2D eigenvalue weighted by Gasteiger charge is 2.10.